The molecule has 4 nitrogen and oxygen atoms in total. The van der Waals surface area contributed by atoms with Crippen LogP contribution in [0, 0.1) is 0 Å². The van der Waals surface area contributed by atoms with Gasteiger partial charge in [-0.15, -0.1) is 0 Å². The molecule has 3 rings (SSSR count). The Morgan fingerprint density at radius 1 is 1.35 bits per heavy atom. The van der Waals surface area contributed by atoms with Gasteiger partial charge in [-0.25, -0.2) is 0 Å². The van der Waals surface area contributed by atoms with Gasteiger partial charge in [0.15, 0.2) is 0 Å². The van der Waals surface area contributed by atoms with Crippen LogP contribution in [0.1, 0.15) is 18.4 Å². The van der Waals surface area contributed by atoms with Gasteiger partial charge in [0.05, 0.1) is 11.6 Å². The number of para-hydroxylation sites is 1. The van der Waals surface area contributed by atoms with Crippen molar-refractivity contribution in [2.24, 2.45) is 0 Å². The van der Waals surface area contributed by atoms with Crippen molar-refractivity contribution in [3.63, 3.8) is 0 Å². The number of nitrogens with zero attached hydrogens (tertiary/aromatic N) is 1. The maximum Gasteiger partial charge on any atom is 0.237 e. The van der Waals surface area contributed by atoms with Crippen molar-refractivity contribution in [2.75, 3.05) is 13.1 Å². The minimum Gasteiger partial charge on any atom is -0.354 e. The molecule has 20 heavy (non-hydrogen) atoms. The highest BCUT2D eigenvalue weighted by Gasteiger charge is 2.21. The molecule has 0 radical (unpaired) electrons. The molecular weight excluding hydrogens is 250 g/mol. The zero-order valence-corrected chi connectivity index (χ0v) is 11.4. The van der Waals surface area contributed by atoms with Gasteiger partial charge in [-0.1, -0.05) is 24.3 Å². The van der Waals surface area contributed by atoms with Gasteiger partial charge in [0.25, 0.3) is 0 Å². The Hall–Kier alpha value is -1.94. The summed E-state index contributed by atoms with van der Waals surface area (Å²) in [7, 11) is 0. The third-order valence-corrected chi connectivity index (χ3v) is 3.79. The smallest absolute Gasteiger partial charge is 0.237 e. The first-order valence-electron chi connectivity index (χ1n) is 7.18. The molecule has 4 heteroatoms. The van der Waals surface area contributed by atoms with E-state index >= 15 is 0 Å². The first-order valence-corrected chi connectivity index (χ1v) is 7.18. The van der Waals surface area contributed by atoms with E-state index in [1.54, 1.807) is 0 Å². The molecule has 0 bridgehead atoms. The summed E-state index contributed by atoms with van der Waals surface area (Å²) in [6.07, 6.45) is 4.66. The van der Waals surface area contributed by atoms with Crippen molar-refractivity contribution >= 4 is 16.8 Å². The standard InChI is InChI=1S/C16H19N3O/c20-16(14-7-3-9-17-14)19-11-8-13-5-1-4-12-6-2-10-18-15(12)13/h1-2,4-6,10,14,17H,3,7-9,11H2,(H,19,20). The fraction of sp³-hybridized carbons (Fsp3) is 0.375. The minimum atomic E-state index is 0.000595. The van der Waals surface area contributed by atoms with E-state index in [0.717, 1.165) is 36.7 Å². The lowest BCUT2D eigenvalue weighted by Gasteiger charge is -2.11. The molecule has 1 aliphatic heterocycles. The quantitative estimate of drug-likeness (QED) is 0.887. The molecule has 1 aliphatic rings. The summed E-state index contributed by atoms with van der Waals surface area (Å²) in [6, 6.07) is 10.2. The molecule has 1 atom stereocenters. The summed E-state index contributed by atoms with van der Waals surface area (Å²) in [4.78, 5) is 16.3. The number of benzene rings is 1. The van der Waals surface area contributed by atoms with Crippen molar-refractivity contribution in [3.8, 4) is 0 Å². The Morgan fingerprint density at radius 3 is 3.10 bits per heavy atom. The molecule has 2 heterocycles. The molecule has 2 N–H and O–H groups in total. The summed E-state index contributed by atoms with van der Waals surface area (Å²) in [5.41, 5.74) is 2.21. The highest BCUT2D eigenvalue weighted by atomic mass is 16.2. The maximum atomic E-state index is 11.9. The highest BCUT2D eigenvalue weighted by molar-refractivity contribution is 5.83. The van der Waals surface area contributed by atoms with Crippen LogP contribution in [0.5, 0.6) is 0 Å². The van der Waals surface area contributed by atoms with E-state index < -0.39 is 0 Å². The number of nitrogens with one attached hydrogen (secondary N) is 2. The largest absolute Gasteiger partial charge is 0.354 e. The van der Waals surface area contributed by atoms with Crippen molar-refractivity contribution in [1.29, 1.82) is 0 Å². The SMILES string of the molecule is O=C(NCCc1cccc2cccnc12)C1CCCN1. The molecule has 1 amide bonds. The maximum absolute atomic E-state index is 11.9. The number of rotatable bonds is 4. The first-order chi connectivity index (χ1) is 9.84. The Kier molecular flexibility index (Phi) is 3.92. The van der Waals surface area contributed by atoms with Crippen molar-refractivity contribution in [3.05, 3.63) is 42.1 Å². The Bertz CT molecular complexity index is 600. The van der Waals surface area contributed by atoms with Gasteiger partial charge < -0.3 is 10.6 Å². The van der Waals surface area contributed by atoms with Crippen molar-refractivity contribution in [1.82, 2.24) is 15.6 Å². The van der Waals surface area contributed by atoms with Crippen molar-refractivity contribution < 1.29 is 4.79 Å². The second-order valence-corrected chi connectivity index (χ2v) is 5.18. The van der Waals surface area contributed by atoms with Crippen LogP contribution in [-0.4, -0.2) is 30.0 Å². The second kappa shape index (κ2) is 6.01. The van der Waals surface area contributed by atoms with Crippen LogP contribution in [0.2, 0.25) is 0 Å². The van der Waals surface area contributed by atoms with Crippen LogP contribution in [0.15, 0.2) is 36.5 Å². The molecule has 1 aromatic heterocycles. The average molecular weight is 269 g/mol. The first kappa shape index (κ1) is 13.1. The second-order valence-electron chi connectivity index (χ2n) is 5.18. The zero-order chi connectivity index (χ0) is 13.8. The predicted octanol–water partition coefficient (Wildman–Crippen LogP) is 1.65. The monoisotopic (exact) mass is 269 g/mol. The third-order valence-electron chi connectivity index (χ3n) is 3.79. The number of hydrogen-bond acceptors (Lipinski definition) is 3. The lowest BCUT2D eigenvalue weighted by Crippen LogP contribution is -2.41. The molecule has 0 aliphatic carbocycles. The molecule has 1 fully saturated rings. The van der Waals surface area contributed by atoms with Crippen LogP contribution in [0.4, 0.5) is 0 Å². The molecular formula is C16H19N3O. The molecule has 0 saturated carbocycles. The van der Waals surface area contributed by atoms with Gasteiger partial charge in [-0.05, 0) is 37.4 Å². The van der Waals surface area contributed by atoms with Gasteiger partial charge in [0, 0.05) is 18.1 Å². The Balaban J connectivity index is 1.61. The van der Waals surface area contributed by atoms with E-state index in [2.05, 4.69) is 33.8 Å². The number of amides is 1. The topological polar surface area (TPSA) is 54.0 Å². The summed E-state index contributed by atoms with van der Waals surface area (Å²) in [5.74, 6) is 0.121. The number of carbonyl (C=O) groups excluding carboxylic acids is 1. The number of pyridine rings is 1. The molecule has 1 saturated heterocycles. The minimum absolute atomic E-state index is 0.000595. The van der Waals surface area contributed by atoms with E-state index in [-0.39, 0.29) is 11.9 Å². The predicted molar refractivity (Wildman–Crippen MR) is 79.5 cm³/mol. The number of aromatic nitrogens is 1. The van der Waals surface area contributed by atoms with Gasteiger partial charge in [-0.2, -0.15) is 0 Å². The average Bonchev–Trinajstić information content (AvgIpc) is 3.02. The molecule has 1 aromatic carbocycles. The van der Waals surface area contributed by atoms with Crippen LogP contribution in [0.3, 0.4) is 0 Å². The van der Waals surface area contributed by atoms with Crippen LogP contribution in [-0.2, 0) is 11.2 Å². The van der Waals surface area contributed by atoms with Crippen LogP contribution in [0.25, 0.3) is 10.9 Å². The van der Waals surface area contributed by atoms with E-state index in [1.807, 2.05) is 18.3 Å². The van der Waals surface area contributed by atoms with Crippen LogP contribution >= 0.6 is 0 Å². The Morgan fingerprint density at radius 2 is 2.25 bits per heavy atom. The van der Waals surface area contributed by atoms with E-state index in [4.69, 9.17) is 0 Å². The van der Waals surface area contributed by atoms with E-state index in [0.29, 0.717) is 6.54 Å². The van der Waals surface area contributed by atoms with Gasteiger partial charge in [-0.3, -0.25) is 9.78 Å². The number of carbonyl (C=O) groups is 1. The summed E-state index contributed by atoms with van der Waals surface area (Å²) >= 11 is 0. The van der Waals surface area contributed by atoms with Crippen LogP contribution < -0.4 is 10.6 Å². The van der Waals surface area contributed by atoms with Crippen molar-refractivity contribution in [2.45, 2.75) is 25.3 Å². The Labute approximate surface area is 118 Å². The van der Waals surface area contributed by atoms with Gasteiger partial charge >= 0.3 is 0 Å². The zero-order valence-electron chi connectivity index (χ0n) is 11.4. The van der Waals surface area contributed by atoms with E-state index in [9.17, 15) is 4.79 Å². The highest BCUT2D eigenvalue weighted by Crippen LogP contribution is 2.16. The lowest BCUT2D eigenvalue weighted by molar-refractivity contribution is -0.122. The van der Waals surface area contributed by atoms with Gasteiger partial charge in [0.2, 0.25) is 5.91 Å². The van der Waals surface area contributed by atoms with E-state index in [1.165, 1.54) is 5.56 Å². The summed E-state index contributed by atoms with van der Waals surface area (Å²) in [6.45, 7) is 1.61. The fourth-order valence-corrected chi connectivity index (χ4v) is 2.72. The molecule has 2 aromatic rings. The summed E-state index contributed by atoms with van der Waals surface area (Å²) in [5, 5.41) is 7.37. The summed E-state index contributed by atoms with van der Waals surface area (Å²) < 4.78 is 0. The number of fused-ring (bicyclic) bond motifs is 1. The third kappa shape index (κ3) is 2.80. The normalized spacial score (nSPS) is 18.3. The van der Waals surface area contributed by atoms with Gasteiger partial charge in [0.1, 0.15) is 0 Å². The number of hydrogen-bond donors (Lipinski definition) is 2. The fourth-order valence-electron chi connectivity index (χ4n) is 2.72. The molecule has 104 valence electrons. The molecule has 1 unspecified atom stereocenters. The molecule has 0 spiro atoms. The lowest BCUT2D eigenvalue weighted by atomic mass is 10.1.